The molecule has 0 radical (unpaired) electrons. The second kappa shape index (κ2) is 6.10. The molecule has 1 saturated carbocycles. The zero-order chi connectivity index (χ0) is 13.1. The van der Waals surface area contributed by atoms with E-state index in [1.165, 1.54) is 6.42 Å². The molecule has 1 aliphatic rings. The minimum Gasteiger partial charge on any atom is -0.352 e. The molecule has 3 nitrogen and oxygen atoms in total. The largest absolute Gasteiger partial charge is 0.352 e. The number of amides is 1. The third-order valence-corrected chi connectivity index (χ3v) is 4.58. The molecule has 1 amide bonds. The van der Waals surface area contributed by atoms with Crippen molar-refractivity contribution in [2.45, 2.75) is 64.3 Å². The molecule has 0 heterocycles. The molecule has 0 aliphatic heterocycles. The number of hydrogen-bond acceptors (Lipinski definition) is 3. The van der Waals surface area contributed by atoms with Gasteiger partial charge < -0.3 is 11.1 Å². The Balaban J connectivity index is 2.38. The molecule has 100 valence electrons. The van der Waals surface area contributed by atoms with E-state index < -0.39 is 6.04 Å². The molecular weight excluding hydrogens is 232 g/mol. The minimum atomic E-state index is -0.416. The standard InChI is InChI=1S/C13H26N2OS/c1-5-17-10-7-6-9(8-10)15-12(16)11(14)13(2,3)4/h9-11H,5-8,14H2,1-4H3,(H,15,16)/t9?,10?,11-/m1/s1. The van der Waals surface area contributed by atoms with Gasteiger partial charge in [0.05, 0.1) is 6.04 Å². The molecule has 0 aromatic rings. The first-order valence-electron chi connectivity index (χ1n) is 6.52. The number of carbonyl (C=O) groups is 1. The van der Waals surface area contributed by atoms with Gasteiger partial charge in [0.2, 0.25) is 5.91 Å². The van der Waals surface area contributed by atoms with Gasteiger partial charge in [-0.1, -0.05) is 27.7 Å². The van der Waals surface area contributed by atoms with Crippen LogP contribution < -0.4 is 11.1 Å². The quantitative estimate of drug-likeness (QED) is 0.812. The Labute approximate surface area is 109 Å². The maximum Gasteiger partial charge on any atom is 0.237 e. The Bertz CT molecular complexity index is 263. The summed E-state index contributed by atoms with van der Waals surface area (Å²) in [6, 6.07) is -0.0830. The van der Waals surface area contributed by atoms with Crippen LogP contribution in [0.15, 0.2) is 0 Å². The maximum absolute atomic E-state index is 12.0. The van der Waals surface area contributed by atoms with Crippen LogP contribution in [0.2, 0.25) is 0 Å². The third kappa shape index (κ3) is 4.51. The lowest BCUT2D eigenvalue weighted by molar-refractivity contribution is -0.125. The van der Waals surface area contributed by atoms with Crippen molar-refractivity contribution in [3.63, 3.8) is 0 Å². The average molecular weight is 258 g/mol. The van der Waals surface area contributed by atoms with Gasteiger partial charge in [-0.2, -0.15) is 11.8 Å². The summed E-state index contributed by atoms with van der Waals surface area (Å²) < 4.78 is 0. The highest BCUT2D eigenvalue weighted by atomic mass is 32.2. The van der Waals surface area contributed by atoms with E-state index >= 15 is 0 Å². The first kappa shape index (κ1) is 14.8. The third-order valence-electron chi connectivity index (χ3n) is 3.35. The molecule has 0 bridgehead atoms. The zero-order valence-corrected chi connectivity index (χ0v) is 12.3. The molecule has 0 spiro atoms. The topological polar surface area (TPSA) is 55.1 Å². The van der Waals surface area contributed by atoms with E-state index in [9.17, 15) is 4.79 Å². The Morgan fingerprint density at radius 2 is 2.12 bits per heavy atom. The van der Waals surface area contributed by atoms with Crippen LogP contribution >= 0.6 is 11.8 Å². The van der Waals surface area contributed by atoms with Gasteiger partial charge in [0.25, 0.3) is 0 Å². The normalized spacial score (nSPS) is 26.9. The maximum atomic E-state index is 12.0. The summed E-state index contributed by atoms with van der Waals surface area (Å²) in [4.78, 5) is 12.0. The van der Waals surface area contributed by atoms with Gasteiger partial charge in [0.15, 0.2) is 0 Å². The lowest BCUT2D eigenvalue weighted by atomic mass is 9.87. The van der Waals surface area contributed by atoms with Crippen molar-refractivity contribution in [3.8, 4) is 0 Å². The van der Waals surface area contributed by atoms with E-state index in [1.807, 2.05) is 32.5 Å². The smallest absolute Gasteiger partial charge is 0.237 e. The summed E-state index contributed by atoms with van der Waals surface area (Å²) in [6.07, 6.45) is 3.41. The fraction of sp³-hybridized carbons (Fsp3) is 0.923. The molecule has 3 N–H and O–H groups in total. The van der Waals surface area contributed by atoms with Crippen molar-refractivity contribution in [2.24, 2.45) is 11.1 Å². The molecule has 3 atom stereocenters. The molecule has 0 aromatic carbocycles. The van der Waals surface area contributed by atoms with Crippen LogP contribution in [0.25, 0.3) is 0 Å². The second-order valence-electron chi connectivity index (χ2n) is 5.94. The number of nitrogens with one attached hydrogen (secondary N) is 1. The number of carbonyl (C=O) groups excluding carboxylic acids is 1. The summed E-state index contributed by atoms with van der Waals surface area (Å²) >= 11 is 2.00. The molecule has 1 aliphatic carbocycles. The minimum absolute atomic E-state index is 0.00430. The Morgan fingerprint density at radius 1 is 1.47 bits per heavy atom. The van der Waals surface area contributed by atoms with E-state index in [4.69, 9.17) is 5.73 Å². The van der Waals surface area contributed by atoms with E-state index in [1.54, 1.807) is 0 Å². The summed E-state index contributed by atoms with van der Waals surface area (Å²) in [5.41, 5.74) is 5.78. The zero-order valence-electron chi connectivity index (χ0n) is 11.5. The molecule has 4 heteroatoms. The van der Waals surface area contributed by atoms with Crippen molar-refractivity contribution < 1.29 is 4.79 Å². The lowest BCUT2D eigenvalue weighted by Gasteiger charge is -2.27. The van der Waals surface area contributed by atoms with Crippen LogP contribution in [0, 0.1) is 5.41 Å². The summed E-state index contributed by atoms with van der Waals surface area (Å²) in [5, 5.41) is 3.81. The molecule has 0 aromatic heterocycles. The van der Waals surface area contributed by atoms with Crippen LogP contribution in [0.4, 0.5) is 0 Å². The van der Waals surface area contributed by atoms with Crippen LogP contribution in [-0.2, 0) is 4.79 Å². The lowest BCUT2D eigenvalue weighted by Crippen LogP contribution is -2.51. The van der Waals surface area contributed by atoms with Gasteiger partial charge in [-0.3, -0.25) is 4.79 Å². The Kier molecular flexibility index (Phi) is 5.32. The average Bonchev–Trinajstić information content (AvgIpc) is 2.63. The van der Waals surface area contributed by atoms with Crippen molar-refractivity contribution in [2.75, 3.05) is 5.75 Å². The summed E-state index contributed by atoms with van der Waals surface area (Å²) in [7, 11) is 0. The predicted molar refractivity (Wildman–Crippen MR) is 75.1 cm³/mol. The first-order valence-corrected chi connectivity index (χ1v) is 7.57. The highest BCUT2D eigenvalue weighted by molar-refractivity contribution is 7.99. The Morgan fingerprint density at radius 3 is 2.65 bits per heavy atom. The van der Waals surface area contributed by atoms with Crippen molar-refractivity contribution in [1.29, 1.82) is 0 Å². The number of hydrogen-bond donors (Lipinski definition) is 2. The number of nitrogens with two attached hydrogens (primary N) is 1. The van der Waals surface area contributed by atoms with Crippen molar-refractivity contribution in [3.05, 3.63) is 0 Å². The van der Waals surface area contributed by atoms with E-state index in [-0.39, 0.29) is 11.3 Å². The molecule has 1 fully saturated rings. The fourth-order valence-electron chi connectivity index (χ4n) is 2.14. The van der Waals surface area contributed by atoms with E-state index in [0.717, 1.165) is 23.8 Å². The summed E-state index contributed by atoms with van der Waals surface area (Å²) in [6.45, 7) is 8.19. The van der Waals surface area contributed by atoms with Gasteiger partial charge in [-0.15, -0.1) is 0 Å². The van der Waals surface area contributed by atoms with E-state index in [0.29, 0.717) is 6.04 Å². The molecule has 1 rings (SSSR count). The van der Waals surface area contributed by atoms with Crippen LogP contribution in [-0.4, -0.2) is 29.0 Å². The van der Waals surface area contributed by atoms with Gasteiger partial charge >= 0.3 is 0 Å². The number of thioether (sulfide) groups is 1. The van der Waals surface area contributed by atoms with E-state index in [2.05, 4.69) is 12.2 Å². The monoisotopic (exact) mass is 258 g/mol. The van der Waals surface area contributed by atoms with Gasteiger partial charge in [-0.25, -0.2) is 0 Å². The van der Waals surface area contributed by atoms with Gasteiger partial charge in [0, 0.05) is 11.3 Å². The highest BCUT2D eigenvalue weighted by Crippen LogP contribution is 2.30. The molecule has 0 saturated heterocycles. The van der Waals surface area contributed by atoms with Gasteiger partial charge in [-0.05, 0) is 30.4 Å². The van der Waals surface area contributed by atoms with Crippen LogP contribution in [0.3, 0.4) is 0 Å². The highest BCUT2D eigenvalue weighted by Gasteiger charge is 2.31. The van der Waals surface area contributed by atoms with Crippen molar-refractivity contribution in [1.82, 2.24) is 5.32 Å². The predicted octanol–water partition coefficient (Wildman–Crippen LogP) is 2.15. The van der Waals surface area contributed by atoms with Crippen LogP contribution in [0.5, 0.6) is 0 Å². The molecular formula is C13H26N2OS. The fourth-order valence-corrected chi connectivity index (χ4v) is 3.29. The summed E-state index contributed by atoms with van der Waals surface area (Å²) in [5.74, 6) is 1.16. The SMILES string of the molecule is CCSC1CCC(NC(=O)[C@@H](N)C(C)(C)C)C1. The van der Waals surface area contributed by atoms with Crippen LogP contribution in [0.1, 0.15) is 47.0 Å². The first-order chi connectivity index (χ1) is 7.84. The van der Waals surface area contributed by atoms with Crippen molar-refractivity contribution >= 4 is 17.7 Å². The molecule has 17 heavy (non-hydrogen) atoms. The number of rotatable bonds is 4. The molecule has 2 unspecified atom stereocenters. The second-order valence-corrected chi connectivity index (χ2v) is 7.52. The Hall–Kier alpha value is -0.220. The van der Waals surface area contributed by atoms with Gasteiger partial charge in [0.1, 0.15) is 0 Å².